The first-order valence-electron chi connectivity index (χ1n) is 12.2. The Morgan fingerprint density at radius 2 is 1.34 bits per heavy atom. The van der Waals surface area contributed by atoms with Gasteiger partial charge in [0.05, 0.1) is 5.71 Å². The van der Waals surface area contributed by atoms with Crippen molar-refractivity contribution in [1.82, 2.24) is 4.90 Å². The van der Waals surface area contributed by atoms with Crippen molar-refractivity contribution < 1.29 is 4.24 Å². The number of hydrogen-bond acceptors (Lipinski definition) is 2. The molecule has 3 aliphatic rings. The summed E-state index contributed by atoms with van der Waals surface area (Å²) in [5.41, 5.74) is 16.5. The second-order valence-electron chi connectivity index (χ2n) is 8.50. The fourth-order valence-corrected chi connectivity index (χ4v) is 3.79. The molecule has 2 aliphatic carbocycles. The van der Waals surface area contributed by atoms with Crippen molar-refractivity contribution in [3.05, 3.63) is 143 Å². The van der Waals surface area contributed by atoms with Crippen LogP contribution in [0, 0.1) is 11.1 Å². The zero-order chi connectivity index (χ0) is 24.3. The molecule has 35 heavy (non-hydrogen) atoms. The number of allylic oxidation sites excluding steroid dienone is 12. The van der Waals surface area contributed by atoms with Crippen molar-refractivity contribution in [2.45, 2.75) is 32.6 Å². The van der Waals surface area contributed by atoms with Crippen molar-refractivity contribution in [3.63, 3.8) is 0 Å². The van der Waals surface area contributed by atoms with Gasteiger partial charge in [0, 0.05) is 54.4 Å². The molecule has 0 amide bonds. The molecule has 0 saturated heterocycles. The molecule has 0 unspecified atom stereocenters. The molecule has 1 aromatic rings. The molecule has 4 rings (SSSR count). The van der Waals surface area contributed by atoms with Gasteiger partial charge in [-0.1, -0.05) is 37.6 Å². The molecule has 0 aromatic carbocycles. The third kappa shape index (κ3) is 7.07. The van der Waals surface area contributed by atoms with Crippen LogP contribution in [0.2, 0.25) is 0 Å². The lowest BCUT2D eigenvalue weighted by Crippen LogP contribution is -2.23. The van der Waals surface area contributed by atoms with Crippen LogP contribution in [0.15, 0.2) is 132 Å². The Morgan fingerprint density at radius 1 is 0.743 bits per heavy atom. The van der Waals surface area contributed by atoms with E-state index in [1.807, 2.05) is 24.3 Å². The highest BCUT2D eigenvalue weighted by Gasteiger charge is 2.05. The maximum absolute atomic E-state index is 7.50. The Kier molecular flexibility index (Phi) is 8.31. The average Bonchev–Trinajstić information content (AvgIpc) is 2.91. The quantitative estimate of drug-likeness (QED) is 0.348. The van der Waals surface area contributed by atoms with E-state index in [9.17, 15) is 0 Å². The minimum absolute atomic E-state index is 0.482. The molecule has 0 saturated carbocycles. The smallest absolute Gasteiger partial charge is 0.210 e. The summed E-state index contributed by atoms with van der Waals surface area (Å²) in [5, 5.41) is 8.71. The van der Waals surface area contributed by atoms with Gasteiger partial charge in [-0.3, -0.25) is 0 Å². The number of aromatic nitrogens is 1. The molecule has 172 valence electrons. The Bertz CT molecular complexity index is 1400. The van der Waals surface area contributed by atoms with Crippen LogP contribution in [0.5, 0.6) is 0 Å². The minimum atomic E-state index is 0.482. The Balaban J connectivity index is 1.46. The molecule has 3 heteroatoms. The average molecular weight is 457 g/mol. The summed E-state index contributed by atoms with van der Waals surface area (Å²) in [6.45, 7) is 3.33. The summed E-state index contributed by atoms with van der Waals surface area (Å²) >= 11 is 0. The molecule has 0 radical (unpaired) electrons. The van der Waals surface area contributed by atoms with Crippen LogP contribution < -0.4 is 9.46 Å². The first-order valence-corrected chi connectivity index (χ1v) is 12.2. The maximum atomic E-state index is 7.50. The highest BCUT2D eigenvalue weighted by atomic mass is 15.1. The van der Waals surface area contributed by atoms with Crippen LogP contribution >= 0.6 is 0 Å². The van der Waals surface area contributed by atoms with E-state index >= 15 is 0 Å². The standard InChI is InChI=1S/C32H30N3/c1-2-3-4-7-22-34-23-18-29(19-24-34)30-20-25-35(26-21-30)32-16-12-28(13-17-32)9-6-5-8-27-10-14-31(33)15-11-27/h10-21,23-26,33H,2-4,7,22H2,1H3/q+1. The third-order valence-corrected chi connectivity index (χ3v) is 5.85. The second-order valence-corrected chi connectivity index (χ2v) is 8.50. The number of nitrogens with zero attached hydrogens (tertiary/aromatic N) is 2. The number of hydrogen-bond donors (Lipinski definition) is 1. The molecule has 1 aromatic heterocycles. The summed E-state index contributed by atoms with van der Waals surface area (Å²) < 4.78 is 2.10. The van der Waals surface area contributed by atoms with Crippen molar-refractivity contribution >= 4 is 11.3 Å². The fraction of sp³-hybridized carbons (Fsp3) is 0.188. The fourth-order valence-electron chi connectivity index (χ4n) is 3.79. The van der Waals surface area contributed by atoms with Crippen molar-refractivity contribution in [3.8, 4) is 0 Å². The molecule has 0 fully saturated rings. The molecule has 0 atom stereocenters. The predicted molar refractivity (Wildman–Crippen MR) is 143 cm³/mol. The monoisotopic (exact) mass is 456 g/mol. The van der Waals surface area contributed by atoms with Crippen LogP contribution in [0.25, 0.3) is 5.57 Å². The normalized spacial score (nSPS) is 15.9. The Hall–Kier alpha value is -4.34. The van der Waals surface area contributed by atoms with Crippen molar-refractivity contribution in [2.75, 3.05) is 6.54 Å². The van der Waals surface area contributed by atoms with Crippen molar-refractivity contribution in [1.29, 1.82) is 5.41 Å². The van der Waals surface area contributed by atoms with Gasteiger partial charge in [-0.05, 0) is 77.3 Å². The van der Waals surface area contributed by atoms with E-state index in [0.29, 0.717) is 5.71 Å². The lowest BCUT2D eigenvalue weighted by Gasteiger charge is -2.18. The molecule has 0 spiro atoms. The topological polar surface area (TPSA) is 33.0 Å². The van der Waals surface area contributed by atoms with Gasteiger partial charge in [0.25, 0.3) is 0 Å². The third-order valence-electron chi connectivity index (χ3n) is 5.85. The summed E-state index contributed by atoms with van der Waals surface area (Å²) in [7, 11) is 0. The van der Waals surface area contributed by atoms with E-state index in [-0.39, 0.29) is 0 Å². The molecule has 1 N–H and O–H groups in total. The highest BCUT2D eigenvalue weighted by Crippen LogP contribution is 2.11. The van der Waals surface area contributed by atoms with Gasteiger partial charge in [0.1, 0.15) is 0 Å². The number of pyridine rings is 1. The molecule has 0 bridgehead atoms. The van der Waals surface area contributed by atoms with Crippen LogP contribution in [0.4, 0.5) is 0 Å². The van der Waals surface area contributed by atoms with Gasteiger partial charge in [0.2, 0.25) is 5.71 Å². The van der Waals surface area contributed by atoms with Gasteiger partial charge in [-0.2, -0.15) is 4.24 Å². The molecular weight excluding hydrogens is 426 g/mol. The van der Waals surface area contributed by atoms with Gasteiger partial charge >= 0.3 is 0 Å². The van der Waals surface area contributed by atoms with Gasteiger partial charge in [-0.25, -0.2) is 0 Å². The SMILES string of the molecule is CCCCCCN1C=CC(=c2cc[n+](=C3C=CC(=C=C=C=C=C4C=CC(=N)C=C4)C=C3)cc2)C=C1. The Labute approximate surface area is 207 Å². The van der Waals surface area contributed by atoms with E-state index in [1.54, 1.807) is 12.2 Å². The number of rotatable bonds is 5. The maximum Gasteiger partial charge on any atom is 0.210 e. The molecular formula is C32H30N3+. The largest absolute Gasteiger partial charge is 0.354 e. The lowest BCUT2D eigenvalue weighted by molar-refractivity contribution is -0.516. The summed E-state index contributed by atoms with van der Waals surface area (Å²) in [6.07, 6.45) is 33.3. The predicted octanol–water partition coefficient (Wildman–Crippen LogP) is 5.62. The first kappa shape index (κ1) is 23.8. The number of nitrogens with one attached hydrogen (secondary N) is 1. The van der Waals surface area contributed by atoms with E-state index in [2.05, 4.69) is 100 Å². The van der Waals surface area contributed by atoms with E-state index < -0.39 is 0 Å². The van der Waals surface area contributed by atoms with Crippen LogP contribution in [-0.2, 0) is 0 Å². The van der Waals surface area contributed by atoms with Crippen LogP contribution in [0.1, 0.15) is 32.6 Å². The number of unbranched alkanes of at least 4 members (excludes halogenated alkanes) is 3. The highest BCUT2D eigenvalue weighted by molar-refractivity contribution is 6.03. The second kappa shape index (κ2) is 12.2. The Morgan fingerprint density at radius 3 is 1.94 bits per heavy atom. The van der Waals surface area contributed by atoms with E-state index in [4.69, 9.17) is 5.41 Å². The van der Waals surface area contributed by atoms with Gasteiger partial charge in [-0.15, -0.1) is 0 Å². The van der Waals surface area contributed by atoms with E-state index in [1.165, 1.54) is 36.5 Å². The first-order chi connectivity index (χ1) is 17.2. The summed E-state index contributed by atoms with van der Waals surface area (Å²) in [4.78, 5) is 2.27. The zero-order valence-corrected chi connectivity index (χ0v) is 20.2. The van der Waals surface area contributed by atoms with Crippen molar-refractivity contribution in [2.24, 2.45) is 0 Å². The van der Waals surface area contributed by atoms with E-state index in [0.717, 1.165) is 23.4 Å². The van der Waals surface area contributed by atoms with Gasteiger partial charge in [0.15, 0.2) is 12.4 Å². The minimum Gasteiger partial charge on any atom is -0.354 e. The summed E-state index contributed by atoms with van der Waals surface area (Å²) in [5.74, 6) is 0. The van der Waals surface area contributed by atoms with Gasteiger partial charge < -0.3 is 10.3 Å². The molecule has 3 nitrogen and oxygen atoms in total. The van der Waals surface area contributed by atoms with Crippen LogP contribution in [-0.4, -0.2) is 17.2 Å². The lowest BCUT2D eigenvalue weighted by atomic mass is 10.1. The molecule has 1 aliphatic heterocycles. The summed E-state index contributed by atoms with van der Waals surface area (Å²) in [6, 6.07) is 4.30. The molecule has 2 heterocycles. The van der Waals surface area contributed by atoms with Crippen LogP contribution in [0.3, 0.4) is 0 Å². The zero-order valence-electron chi connectivity index (χ0n) is 20.2.